The summed E-state index contributed by atoms with van der Waals surface area (Å²) in [4.78, 5) is 7.29. The minimum absolute atomic E-state index is 0.107. The van der Waals surface area contributed by atoms with Crippen molar-refractivity contribution in [3.8, 4) is 11.3 Å². The van der Waals surface area contributed by atoms with Gasteiger partial charge < -0.3 is 0 Å². The van der Waals surface area contributed by atoms with E-state index in [1.165, 1.54) is 18.2 Å². The smallest absolute Gasteiger partial charge is 0.233 e. The second-order valence-corrected chi connectivity index (χ2v) is 5.25. The van der Waals surface area contributed by atoms with Crippen molar-refractivity contribution in [2.45, 2.75) is 11.8 Å². The number of benzene rings is 1. The van der Waals surface area contributed by atoms with Crippen molar-refractivity contribution in [2.24, 2.45) is 20.7 Å². The van der Waals surface area contributed by atoms with Gasteiger partial charge in [0.05, 0.1) is 16.3 Å². The normalized spacial score (nSPS) is 16.0. The number of aromatic nitrogens is 2. The Morgan fingerprint density at radius 2 is 1.78 bits per heavy atom. The standard InChI is InChI=1S/C12H4Cl2F3N6/c13-6-1-2-7(9(14)3-6)10-8(4-18-5-19-10)11(12(15,16)17)20-22-23-21-11/h1-4H. The number of halogens is 5. The highest BCUT2D eigenvalue weighted by Crippen LogP contribution is 2.49. The van der Waals surface area contributed by atoms with E-state index in [4.69, 9.17) is 23.2 Å². The summed E-state index contributed by atoms with van der Waals surface area (Å²) in [5.41, 5.74) is -3.41. The van der Waals surface area contributed by atoms with E-state index in [0.717, 1.165) is 6.20 Å². The van der Waals surface area contributed by atoms with Crippen LogP contribution >= 0.6 is 23.2 Å². The molecule has 0 saturated heterocycles. The van der Waals surface area contributed by atoms with Gasteiger partial charge >= 0.3 is 11.8 Å². The first-order valence-corrected chi connectivity index (χ1v) is 6.70. The lowest BCUT2D eigenvalue weighted by atomic mass is 9.96. The SMILES string of the molecule is FC(F)(F)C1(c2cn[c]nc2-c2ccc(Cl)cc2Cl)N=NN=N1. The van der Waals surface area contributed by atoms with Gasteiger partial charge in [-0.15, -0.1) is 10.2 Å². The third kappa shape index (κ3) is 2.55. The first-order chi connectivity index (χ1) is 10.8. The van der Waals surface area contributed by atoms with Gasteiger partial charge in [0.2, 0.25) is 0 Å². The van der Waals surface area contributed by atoms with E-state index in [0.29, 0.717) is 5.02 Å². The van der Waals surface area contributed by atoms with Crippen molar-refractivity contribution in [1.82, 2.24) is 9.97 Å². The fourth-order valence-electron chi connectivity index (χ4n) is 2.00. The molecule has 3 rings (SSSR count). The molecule has 11 heteroatoms. The molecule has 117 valence electrons. The Balaban J connectivity index is 2.27. The van der Waals surface area contributed by atoms with Gasteiger partial charge in [-0.25, -0.2) is 9.97 Å². The van der Waals surface area contributed by atoms with Gasteiger partial charge in [0.25, 0.3) is 0 Å². The van der Waals surface area contributed by atoms with Gasteiger partial charge in [0, 0.05) is 16.8 Å². The molecule has 0 unspecified atom stereocenters. The number of rotatable bonds is 2. The van der Waals surface area contributed by atoms with Gasteiger partial charge in [0.15, 0.2) is 6.33 Å². The lowest BCUT2D eigenvalue weighted by Gasteiger charge is -2.24. The van der Waals surface area contributed by atoms with Crippen molar-refractivity contribution in [3.63, 3.8) is 0 Å². The minimum Gasteiger partial charge on any atom is -0.233 e. The first kappa shape index (κ1) is 15.8. The Bertz CT molecular complexity index is 809. The largest absolute Gasteiger partial charge is 0.442 e. The fraction of sp³-hybridized carbons (Fsp3) is 0.167. The summed E-state index contributed by atoms with van der Waals surface area (Å²) in [6, 6.07) is 4.27. The second kappa shape index (κ2) is 5.50. The van der Waals surface area contributed by atoms with Crippen molar-refractivity contribution < 1.29 is 13.2 Å². The highest BCUT2D eigenvalue weighted by atomic mass is 35.5. The third-order valence-electron chi connectivity index (χ3n) is 3.04. The third-order valence-corrected chi connectivity index (χ3v) is 3.59. The predicted molar refractivity (Wildman–Crippen MR) is 73.8 cm³/mol. The van der Waals surface area contributed by atoms with Crippen molar-refractivity contribution in [2.75, 3.05) is 0 Å². The molecule has 0 spiro atoms. The Morgan fingerprint density at radius 1 is 1.09 bits per heavy atom. The van der Waals surface area contributed by atoms with Crippen LogP contribution in [0.3, 0.4) is 0 Å². The first-order valence-electron chi connectivity index (χ1n) is 5.95. The Kier molecular flexibility index (Phi) is 3.77. The molecular weight excluding hydrogens is 356 g/mol. The molecule has 1 aromatic heterocycles. The van der Waals surface area contributed by atoms with Gasteiger partial charge in [-0.3, -0.25) is 0 Å². The molecule has 0 amide bonds. The van der Waals surface area contributed by atoms with Crippen LogP contribution in [0.25, 0.3) is 11.3 Å². The van der Waals surface area contributed by atoms with Crippen LogP contribution in [0.5, 0.6) is 0 Å². The van der Waals surface area contributed by atoms with E-state index in [2.05, 4.69) is 37.0 Å². The highest BCUT2D eigenvalue weighted by Gasteiger charge is 2.61. The summed E-state index contributed by atoms with van der Waals surface area (Å²) >= 11 is 11.9. The fourth-order valence-corrected chi connectivity index (χ4v) is 2.50. The predicted octanol–water partition coefficient (Wildman–Crippen LogP) is 4.80. The molecule has 1 aliphatic heterocycles. The molecule has 0 saturated carbocycles. The Morgan fingerprint density at radius 3 is 2.39 bits per heavy atom. The summed E-state index contributed by atoms with van der Waals surface area (Å²) in [6.45, 7) is 0. The maximum atomic E-state index is 13.5. The zero-order chi connectivity index (χ0) is 16.7. The van der Waals surface area contributed by atoms with Crippen LogP contribution in [0.4, 0.5) is 13.2 Å². The average Bonchev–Trinajstić information content (AvgIpc) is 2.98. The monoisotopic (exact) mass is 359 g/mol. The highest BCUT2D eigenvalue weighted by molar-refractivity contribution is 6.36. The van der Waals surface area contributed by atoms with Crippen molar-refractivity contribution in [1.29, 1.82) is 0 Å². The molecule has 0 fully saturated rings. The van der Waals surface area contributed by atoms with Crippen LogP contribution in [-0.4, -0.2) is 16.1 Å². The van der Waals surface area contributed by atoms with E-state index in [9.17, 15) is 13.2 Å². The maximum Gasteiger partial charge on any atom is 0.442 e. The van der Waals surface area contributed by atoms with Crippen LogP contribution in [-0.2, 0) is 5.66 Å². The van der Waals surface area contributed by atoms with Crippen LogP contribution in [0.2, 0.25) is 10.0 Å². The lowest BCUT2D eigenvalue weighted by molar-refractivity contribution is -0.187. The van der Waals surface area contributed by atoms with E-state index < -0.39 is 17.4 Å². The zero-order valence-corrected chi connectivity index (χ0v) is 12.4. The number of hydrogen-bond acceptors (Lipinski definition) is 6. The Labute approximate surface area is 137 Å². The number of alkyl halides is 3. The summed E-state index contributed by atoms with van der Waals surface area (Å²) in [5.74, 6) is 0. The van der Waals surface area contributed by atoms with Gasteiger partial charge in [-0.1, -0.05) is 23.2 Å². The lowest BCUT2D eigenvalue weighted by Crippen LogP contribution is -2.38. The average molecular weight is 360 g/mol. The molecule has 0 aliphatic carbocycles. The summed E-state index contributed by atoms with van der Waals surface area (Å²) in [7, 11) is 0. The zero-order valence-electron chi connectivity index (χ0n) is 10.9. The molecule has 2 aromatic rings. The quantitative estimate of drug-likeness (QED) is 0.772. The van der Waals surface area contributed by atoms with Crippen LogP contribution < -0.4 is 0 Å². The molecule has 23 heavy (non-hydrogen) atoms. The number of nitrogens with zero attached hydrogens (tertiary/aromatic N) is 6. The molecule has 6 nitrogen and oxygen atoms in total. The van der Waals surface area contributed by atoms with Crippen LogP contribution in [0.15, 0.2) is 45.1 Å². The molecule has 0 atom stereocenters. The minimum atomic E-state index is -4.89. The van der Waals surface area contributed by atoms with Gasteiger partial charge in [0.1, 0.15) is 0 Å². The van der Waals surface area contributed by atoms with E-state index in [1.807, 2.05) is 0 Å². The van der Waals surface area contributed by atoms with Gasteiger partial charge in [-0.05, 0) is 28.6 Å². The summed E-state index contributed by atoms with van der Waals surface area (Å²) < 4.78 is 40.6. The molecule has 2 heterocycles. The summed E-state index contributed by atoms with van der Waals surface area (Å²) in [5, 5.41) is 12.7. The van der Waals surface area contributed by atoms with E-state index in [1.54, 1.807) is 0 Å². The molecule has 1 aliphatic rings. The number of hydrogen-bond donors (Lipinski definition) is 0. The second-order valence-electron chi connectivity index (χ2n) is 4.41. The van der Waals surface area contributed by atoms with Crippen LogP contribution in [0, 0.1) is 6.33 Å². The molecule has 1 aromatic carbocycles. The summed E-state index contributed by atoms with van der Waals surface area (Å²) in [6.07, 6.45) is -1.76. The van der Waals surface area contributed by atoms with Crippen molar-refractivity contribution in [3.05, 3.63) is 46.3 Å². The Hall–Kier alpha value is -2.13. The van der Waals surface area contributed by atoms with Gasteiger partial charge in [-0.2, -0.15) is 13.2 Å². The molecule has 0 bridgehead atoms. The topological polar surface area (TPSA) is 75.2 Å². The maximum absolute atomic E-state index is 13.5. The van der Waals surface area contributed by atoms with E-state index in [-0.39, 0.29) is 16.3 Å². The van der Waals surface area contributed by atoms with Crippen LogP contribution in [0.1, 0.15) is 5.56 Å². The van der Waals surface area contributed by atoms with E-state index >= 15 is 0 Å². The van der Waals surface area contributed by atoms with Crippen molar-refractivity contribution >= 4 is 23.2 Å². The molecule has 0 N–H and O–H groups in total. The molecular formula is C12H4Cl2F3N6. The molecule has 1 radical (unpaired) electrons.